The molecule has 0 saturated heterocycles. The van der Waals surface area contributed by atoms with Gasteiger partial charge in [-0.05, 0) is 31.9 Å². The number of furan rings is 1. The maximum atomic E-state index is 11.5. The van der Waals surface area contributed by atoms with Crippen molar-refractivity contribution in [3.05, 3.63) is 23.7 Å². The second kappa shape index (κ2) is 6.45. The molecule has 0 radical (unpaired) electrons. The standard InChI is InChI=1S/C13H22N2O2/c1-9(2)7-15-13(16)8-14-11(4)12-6-5-10(3)17-12/h5-6,9,11,14H,7-8H2,1-4H3,(H,15,16). The third-order valence-corrected chi connectivity index (χ3v) is 2.46. The monoisotopic (exact) mass is 238 g/mol. The molecule has 0 saturated carbocycles. The zero-order valence-corrected chi connectivity index (χ0v) is 11.0. The van der Waals surface area contributed by atoms with Gasteiger partial charge in [-0.2, -0.15) is 0 Å². The average molecular weight is 238 g/mol. The van der Waals surface area contributed by atoms with Gasteiger partial charge in [0.15, 0.2) is 0 Å². The van der Waals surface area contributed by atoms with Crippen molar-refractivity contribution < 1.29 is 9.21 Å². The molecule has 0 bridgehead atoms. The Bertz CT molecular complexity index is 358. The van der Waals surface area contributed by atoms with Crippen molar-refractivity contribution in [2.75, 3.05) is 13.1 Å². The minimum absolute atomic E-state index is 0.0221. The normalized spacial score (nSPS) is 12.8. The van der Waals surface area contributed by atoms with Crippen LogP contribution in [0.25, 0.3) is 0 Å². The molecule has 0 aliphatic rings. The SMILES string of the molecule is Cc1ccc(C(C)NCC(=O)NCC(C)C)o1. The van der Waals surface area contributed by atoms with E-state index in [9.17, 15) is 4.79 Å². The van der Waals surface area contributed by atoms with Gasteiger partial charge in [-0.25, -0.2) is 0 Å². The molecule has 1 aromatic heterocycles. The maximum absolute atomic E-state index is 11.5. The molecule has 0 aliphatic heterocycles. The van der Waals surface area contributed by atoms with Gasteiger partial charge in [0.25, 0.3) is 0 Å². The lowest BCUT2D eigenvalue weighted by Crippen LogP contribution is -2.36. The molecule has 1 heterocycles. The second-order valence-electron chi connectivity index (χ2n) is 4.75. The predicted octanol–water partition coefficient (Wildman–Crippen LogP) is 2.01. The van der Waals surface area contributed by atoms with Crippen LogP contribution in [0.1, 0.15) is 38.3 Å². The van der Waals surface area contributed by atoms with Crippen molar-refractivity contribution in [2.24, 2.45) is 5.92 Å². The van der Waals surface area contributed by atoms with Gasteiger partial charge < -0.3 is 9.73 Å². The van der Waals surface area contributed by atoms with E-state index in [2.05, 4.69) is 24.5 Å². The van der Waals surface area contributed by atoms with Crippen molar-refractivity contribution >= 4 is 5.91 Å². The van der Waals surface area contributed by atoms with E-state index in [0.717, 1.165) is 18.1 Å². The topological polar surface area (TPSA) is 54.3 Å². The summed E-state index contributed by atoms with van der Waals surface area (Å²) in [7, 11) is 0. The fraction of sp³-hybridized carbons (Fsp3) is 0.615. The molecular formula is C13H22N2O2. The molecule has 4 heteroatoms. The number of aryl methyl sites for hydroxylation is 1. The molecule has 96 valence electrons. The summed E-state index contributed by atoms with van der Waals surface area (Å²) in [4.78, 5) is 11.5. The quantitative estimate of drug-likeness (QED) is 0.797. The molecule has 1 aromatic rings. The molecule has 0 fully saturated rings. The molecule has 0 spiro atoms. The Morgan fingerprint density at radius 1 is 1.35 bits per heavy atom. The Morgan fingerprint density at radius 2 is 2.06 bits per heavy atom. The van der Waals surface area contributed by atoms with Crippen LogP contribution in [0.15, 0.2) is 16.5 Å². The van der Waals surface area contributed by atoms with Gasteiger partial charge in [-0.3, -0.25) is 10.1 Å². The zero-order valence-electron chi connectivity index (χ0n) is 11.0. The molecule has 0 aliphatic carbocycles. The minimum atomic E-state index is 0.0221. The van der Waals surface area contributed by atoms with Crippen LogP contribution in [0.4, 0.5) is 0 Å². The van der Waals surface area contributed by atoms with Crippen LogP contribution in [0.3, 0.4) is 0 Å². The Kier molecular flexibility index (Phi) is 5.22. The summed E-state index contributed by atoms with van der Waals surface area (Å²) in [5.74, 6) is 2.25. The van der Waals surface area contributed by atoms with E-state index in [1.807, 2.05) is 26.0 Å². The van der Waals surface area contributed by atoms with Crippen LogP contribution in [0, 0.1) is 12.8 Å². The van der Waals surface area contributed by atoms with Crippen molar-refractivity contribution in [3.8, 4) is 0 Å². The number of amides is 1. The van der Waals surface area contributed by atoms with Crippen LogP contribution in [0.2, 0.25) is 0 Å². The number of nitrogens with one attached hydrogen (secondary N) is 2. The summed E-state index contributed by atoms with van der Waals surface area (Å²) in [6.07, 6.45) is 0. The summed E-state index contributed by atoms with van der Waals surface area (Å²) in [6, 6.07) is 3.90. The molecule has 2 N–H and O–H groups in total. The first-order valence-electron chi connectivity index (χ1n) is 6.05. The summed E-state index contributed by atoms with van der Waals surface area (Å²) in [5, 5.41) is 5.99. The lowest BCUT2D eigenvalue weighted by atomic mass is 10.2. The first-order valence-corrected chi connectivity index (χ1v) is 6.05. The minimum Gasteiger partial charge on any atom is -0.465 e. The molecule has 1 unspecified atom stereocenters. The number of carbonyl (C=O) groups excluding carboxylic acids is 1. The first-order chi connectivity index (χ1) is 7.99. The second-order valence-corrected chi connectivity index (χ2v) is 4.75. The van der Waals surface area contributed by atoms with Crippen LogP contribution in [-0.4, -0.2) is 19.0 Å². The van der Waals surface area contributed by atoms with E-state index >= 15 is 0 Å². The molecule has 1 rings (SSSR count). The number of hydrogen-bond donors (Lipinski definition) is 2. The van der Waals surface area contributed by atoms with Gasteiger partial charge in [0.05, 0.1) is 12.6 Å². The predicted molar refractivity (Wildman–Crippen MR) is 67.7 cm³/mol. The van der Waals surface area contributed by atoms with E-state index < -0.39 is 0 Å². The van der Waals surface area contributed by atoms with Gasteiger partial charge in [0, 0.05) is 6.54 Å². The molecule has 1 atom stereocenters. The lowest BCUT2D eigenvalue weighted by molar-refractivity contribution is -0.120. The van der Waals surface area contributed by atoms with E-state index in [1.54, 1.807) is 0 Å². The largest absolute Gasteiger partial charge is 0.465 e. The molecule has 4 nitrogen and oxygen atoms in total. The van der Waals surface area contributed by atoms with E-state index in [-0.39, 0.29) is 11.9 Å². The van der Waals surface area contributed by atoms with Crippen LogP contribution >= 0.6 is 0 Å². The Morgan fingerprint density at radius 3 is 2.59 bits per heavy atom. The van der Waals surface area contributed by atoms with Crippen molar-refractivity contribution in [1.82, 2.24) is 10.6 Å². The Labute approximate surface area is 103 Å². The molecule has 1 amide bonds. The van der Waals surface area contributed by atoms with Gasteiger partial charge in [-0.15, -0.1) is 0 Å². The fourth-order valence-corrected chi connectivity index (χ4v) is 1.41. The summed E-state index contributed by atoms with van der Waals surface area (Å²) in [6.45, 7) is 9.06. The third-order valence-electron chi connectivity index (χ3n) is 2.46. The highest BCUT2D eigenvalue weighted by Gasteiger charge is 2.10. The van der Waals surface area contributed by atoms with Gasteiger partial charge in [0.1, 0.15) is 11.5 Å². The van der Waals surface area contributed by atoms with Crippen molar-refractivity contribution in [3.63, 3.8) is 0 Å². The summed E-state index contributed by atoms with van der Waals surface area (Å²) < 4.78 is 5.48. The fourth-order valence-electron chi connectivity index (χ4n) is 1.41. The van der Waals surface area contributed by atoms with Crippen LogP contribution < -0.4 is 10.6 Å². The highest BCUT2D eigenvalue weighted by molar-refractivity contribution is 5.78. The lowest BCUT2D eigenvalue weighted by Gasteiger charge is -2.12. The zero-order chi connectivity index (χ0) is 12.8. The highest BCUT2D eigenvalue weighted by Crippen LogP contribution is 2.14. The van der Waals surface area contributed by atoms with E-state index in [4.69, 9.17) is 4.42 Å². The number of hydrogen-bond acceptors (Lipinski definition) is 3. The number of carbonyl (C=O) groups is 1. The number of rotatable bonds is 6. The molecule has 0 aromatic carbocycles. The van der Waals surface area contributed by atoms with E-state index in [1.165, 1.54) is 0 Å². The van der Waals surface area contributed by atoms with Gasteiger partial charge in [0.2, 0.25) is 5.91 Å². The molecular weight excluding hydrogens is 216 g/mol. The van der Waals surface area contributed by atoms with Crippen molar-refractivity contribution in [2.45, 2.75) is 33.7 Å². The maximum Gasteiger partial charge on any atom is 0.233 e. The summed E-state index contributed by atoms with van der Waals surface area (Å²) >= 11 is 0. The van der Waals surface area contributed by atoms with Crippen molar-refractivity contribution in [1.29, 1.82) is 0 Å². The van der Waals surface area contributed by atoms with Gasteiger partial charge in [-0.1, -0.05) is 13.8 Å². The summed E-state index contributed by atoms with van der Waals surface area (Å²) in [5.41, 5.74) is 0. The van der Waals surface area contributed by atoms with Crippen LogP contribution in [-0.2, 0) is 4.79 Å². The van der Waals surface area contributed by atoms with Crippen LogP contribution in [0.5, 0.6) is 0 Å². The highest BCUT2D eigenvalue weighted by atomic mass is 16.3. The third kappa shape index (κ3) is 5.04. The smallest absolute Gasteiger partial charge is 0.233 e. The molecule has 17 heavy (non-hydrogen) atoms. The van der Waals surface area contributed by atoms with E-state index in [0.29, 0.717) is 12.5 Å². The van der Waals surface area contributed by atoms with Gasteiger partial charge >= 0.3 is 0 Å². The Hall–Kier alpha value is -1.29. The first kappa shape index (κ1) is 13.8. The average Bonchev–Trinajstić information content (AvgIpc) is 2.70. The Balaban J connectivity index is 2.28.